The van der Waals surface area contributed by atoms with Crippen LogP contribution in [-0.2, 0) is 0 Å². The standard InChI is InChI=1S/C48H67N3O2S/c1-33(2)37-19-24-48(49-27-28-50-29-31-51(32-30-50)54-36-11-9-8-10-12-36)26-25-46(6)39(42(37)48)17-18-41-45(5)22-20-38(34-13-15-35(16-14-34)43(52)53)44(3,4)40(45)21-23-47(41,46)7/h8-16,20,37,39-42,49H,1,17-19,21-32H2,2-7H3,(H,52,53)/t37-,39+,40-,41+,42+,45-,46+,47+,48-/m0/s1. The molecule has 0 amide bonds. The molecule has 0 bridgehead atoms. The van der Waals surface area contributed by atoms with E-state index >= 15 is 0 Å². The summed E-state index contributed by atoms with van der Waals surface area (Å²) in [7, 11) is 0. The molecule has 0 unspecified atom stereocenters. The monoisotopic (exact) mass is 749 g/mol. The molecule has 9 atom stereocenters. The first-order valence-corrected chi connectivity index (χ1v) is 22.1. The van der Waals surface area contributed by atoms with Gasteiger partial charge in [-0.25, -0.2) is 9.10 Å². The number of allylic oxidation sites excluding steroid dienone is 3. The Balaban J connectivity index is 0.984. The van der Waals surface area contributed by atoms with Crippen LogP contribution in [0.4, 0.5) is 0 Å². The molecule has 54 heavy (non-hydrogen) atoms. The van der Waals surface area contributed by atoms with Crippen molar-refractivity contribution in [2.45, 2.75) is 110 Å². The van der Waals surface area contributed by atoms with Gasteiger partial charge in [0.05, 0.1) is 5.56 Å². The van der Waals surface area contributed by atoms with Gasteiger partial charge in [0.25, 0.3) is 0 Å². The highest BCUT2D eigenvalue weighted by Crippen LogP contribution is 2.76. The van der Waals surface area contributed by atoms with Gasteiger partial charge in [0.15, 0.2) is 0 Å². The Kier molecular flexibility index (Phi) is 10.1. The fourth-order valence-electron chi connectivity index (χ4n) is 14.5. The molecule has 1 saturated heterocycles. The number of hydrogen-bond donors (Lipinski definition) is 2. The molecule has 1 aliphatic heterocycles. The molecule has 0 radical (unpaired) electrons. The zero-order valence-electron chi connectivity index (χ0n) is 34.1. The largest absolute Gasteiger partial charge is 0.478 e. The molecule has 2 aromatic rings. The second-order valence-corrected chi connectivity index (χ2v) is 21.0. The van der Waals surface area contributed by atoms with Gasteiger partial charge in [0, 0.05) is 49.7 Å². The number of piperazine rings is 1. The molecule has 2 N–H and O–H groups in total. The van der Waals surface area contributed by atoms with E-state index in [9.17, 15) is 9.90 Å². The third-order valence-electron chi connectivity index (χ3n) is 17.3. The summed E-state index contributed by atoms with van der Waals surface area (Å²) in [4.78, 5) is 15.6. The highest BCUT2D eigenvalue weighted by Gasteiger charge is 2.70. The lowest BCUT2D eigenvalue weighted by Gasteiger charge is -2.72. The minimum atomic E-state index is -0.854. The van der Waals surface area contributed by atoms with E-state index in [2.05, 4.69) is 99.1 Å². The van der Waals surface area contributed by atoms with Gasteiger partial charge in [-0.3, -0.25) is 4.90 Å². The quantitative estimate of drug-likeness (QED) is 0.197. The predicted octanol–water partition coefficient (Wildman–Crippen LogP) is 10.7. The van der Waals surface area contributed by atoms with Crippen LogP contribution >= 0.6 is 11.9 Å². The first kappa shape index (κ1) is 38.5. The maximum absolute atomic E-state index is 11.6. The molecule has 6 aliphatic rings. The molecule has 6 heteroatoms. The smallest absolute Gasteiger partial charge is 0.335 e. The summed E-state index contributed by atoms with van der Waals surface area (Å²) in [5.74, 6) is 2.50. The van der Waals surface area contributed by atoms with E-state index in [4.69, 9.17) is 0 Å². The van der Waals surface area contributed by atoms with Crippen molar-refractivity contribution in [2.75, 3.05) is 39.3 Å². The topological polar surface area (TPSA) is 55.8 Å². The third kappa shape index (κ3) is 6.19. The second kappa shape index (κ2) is 14.2. The Morgan fingerprint density at radius 3 is 2.26 bits per heavy atom. The average molecular weight is 750 g/mol. The van der Waals surface area contributed by atoms with Crippen molar-refractivity contribution < 1.29 is 9.90 Å². The summed E-state index contributed by atoms with van der Waals surface area (Å²) >= 11 is 1.91. The van der Waals surface area contributed by atoms with Crippen LogP contribution in [0.1, 0.15) is 115 Å². The number of fused-ring (bicyclic) bond motifs is 7. The Morgan fingerprint density at radius 1 is 0.852 bits per heavy atom. The second-order valence-electron chi connectivity index (χ2n) is 19.9. The lowest BCUT2D eigenvalue weighted by molar-refractivity contribution is -0.219. The number of nitrogens with one attached hydrogen (secondary N) is 1. The van der Waals surface area contributed by atoms with Crippen molar-refractivity contribution in [1.29, 1.82) is 0 Å². The van der Waals surface area contributed by atoms with Crippen molar-refractivity contribution in [3.63, 3.8) is 0 Å². The number of aromatic carboxylic acids is 1. The molecule has 1 heterocycles. The van der Waals surface area contributed by atoms with Crippen LogP contribution in [0.3, 0.4) is 0 Å². The first-order valence-electron chi connectivity index (χ1n) is 21.4. The molecule has 5 aliphatic carbocycles. The van der Waals surface area contributed by atoms with E-state index in [-0.39, 0.29) is 16.4 Å². The number of carboxylic acids is 1. The third-order valence-corrected chi connectivity index (χ3v) is 18.4. The minimum absolute atomic E-state index is 0.0341. The Bertz CT molecular complexity index is 1750. The fourth-order valence-corrected chi connectivity index (χ4v) is 15.4. The normalized spacial score (nSPS) is 39.1. The first-order chi connectivity index (χ1) is 25.7. The number of carboxylic acid groups (broad SMARTS) is 1. The van der Waals surface area contributed by atoms with Crippen LogP contribution in [0, 0.1) is 51.2 Å². The van der Waals surface area contributed by atoms with Crippen LogP contribution in [0.2, 0.25) is 0 Å². The molecular weight excluding hydrogens is 683 g/mol. The van der Waals surface area contributed by atoms with Gasteiger partial charge in [-0.1, -0.05) is 83.2 Å². The van der Waals surface area contributed by atoms with Gasteiger partial charge >= 0.3 is 5.97 Å². The number of rotatable bonds is 9. The van der Waals surface area contributed by atoms with Gasteiger partial charge in [0.1, 0.15) is 0 Å². The number of carbonyl (C=O) groups is 1. The fraction of sp³-hybridized carbons (Fsp3) is 0.646. The van der Waals surface area contributed by atoms with E-state index in [0.29, 0.717) is 40.1 Å². The minimum Gasteiger partial charge on any atom is -0.478 e. The van der Waals surface area contributed by atoms with Crippen molar-refractivity contribution in [1.82, 2.24) is 14.5 Å². The van der Waals surface area contributed by atoms with E-state index in [0.717, 1.165) is 51.6 Å². The molecule has 8 rings (SSSR count). The van der Waals surface area contributed by atoms with E-state index in [1.165, 1.54) is 73.0 Å². The molecule has 292 valence electrons. The number of benzene rings is 2. The van der Waals surface area contributed by atoms with E-state index < -0.39 is 5.97 Å². The van der Waals surface area contributed by atoms with Gasteiger partial charge < -0.3 is 10.4 Å². The van der Waals surface area contributed by atoms with Gasteiger partial charge in [-0.15, -0.1) is 0 Å². The molecule has 4 saturated carbocycles. The van der Waals surface area contributed by atoms with Gasteiger partial charge in [0.2, 0.25) is 0 Å². The molecule has 2 aromatic carbocycles. The maximum Gasteiger partial charge on any atom is 0.335 e. The van der Waals surface area contributed by atoms with Crippen LogP contribution < -0.4 is 5.32 Å². The summed E-state index contributed by atoms with van der Waals surface area (Å²) in [6.45, 7) is 26.9. The lowest BCUT2D eigenvalue weighted by atomic mass is 9.33. The van der Waals surface area contributed by atoms with Crippen LogP contribution in [0.25, 0.3) is 5.57 Å². The van der Waals surface area contributed by atoms with Crippen molar-refractivity contribution in [3.8, 4) is 0 Å². The molecule has 5 fully saturated rings. The summed E-state index contributed by atoms with van der Waals surface area (Å²) < 4.78 is 2.54. The van der Waals surface area contributed by atoms with Gasteiger partial charge in [-0.2, -0.15) is 0 Å². The van der Waals surface area contributed by atoms with E-state index in [1.54, 1.807) is 12.1 Å². The van der Waals surface area contributed by atoms with Crippen LogP contribution in [-0.4, -0.2) is 65.1 Å². The van der Waals surface area contributed by atoms with Gasteiger partial charge in [-0.05, 0) is 163 Å². The zero-order valence-corrected chi connectivity index (χ0v) is 34.9. The lowest BCUT2D eigenvalue weighted by Crippen LogP contribution is -2.68. The predicted molar refractivity (Wildman–Crippen MR) is 224 cm³/mol. The summed E-state index contributed by atoms with van der Waals surface area (Å²) in [5.41, 5.74) is 5.58. The van der Waals surface area contributed by atoms with E-state index in [1.807, 2.05) is 24.1 Å². The van der Waals surface area contributed by atoms with Crippen molar-refractivity contribution in [3.05, 3.63) is 84.0 Å². The maximum atomic E-state index is 11.6. The Hall–Kier alpha value is -2.38. The van der Waals surface area contributed by atoms with Crippen molar-refractivity contribution in [2.24, 2.45) is 51.2 Å². The van der Waals surface area contributed by atoms with Crippen LogP contribution in [0.15, 0.2) is 77.7 Å². The zero-order chi connectivity index (χ0) is 38.1. The highest BCUT2D eigenvalue weighted by atomic mass is 32.2. The molecule has 0 spiro atoms. The number of nitrogens with zero attached hydrogens (tertiary/aromatic N) is 2. The summed E-state index contributed by atoms with van der Waals surface area (Å²) in [6, 6.07) is 18.5. The van der Waals surface area contributed by atoms with Crippen molar-refractivity contribution >= 4 is 23.5 Å². The Morgan fingerprint density at radius 2 is 1.57 bits per heavy atom. The number of hydrogen-bond acceptors (Lipinski definition) is 5. The summed E-state index contributed by atoms with van der Waals surface area (Å²) in [5, 5.41) is 13.9. The average Bonchev–Trinajstić information content (AvgIpc) is 3.53. The Labute approximate surface area is 330 Å². The SMILES string of the molecule is C=C(C)[C@@H]1CC[C@]2(NCCN3CCN(Sc4ccccc4)CC3)CC[C@]3(C)[C@H](CC[C@@H]4[C@@]5(C)CC=C(c6ccc(C(=O)O)cc6)C(C)(C)[C@@H]5CC[C@]43C)[C@@H]12. The summed E-state index contributed by atoms with van der Waals surface area (Å²) in [6.07, 6.45) is 14.2. The molecule has 5 nitrogen and oxygen atoms in total. The highest BCUT2D eigenvalue weighted by molar-refractivity contribution is 7.97. The van der Waals surface area contributed by atoms with Crippen LogP contribution in [0.5, 0.6) is 0 Å². The molecule has 0 aromatic heterocycles. The molecular formula is C48H67N3O2S.